The molecular weight excluding hydrogens is 131 g/mol. The van der Waals surface area contributed by atoms with Crippen molar-refractivity contribution in [1.29, 1.82) is 0 Å². The number of rotatable bonds is 2. The maximum absolute atomic E-state index is 12.5. The van der Waals surface area contributed by atoms with E-state index in [0.29, 0.717) is 0 Å². The van der Waals surface area contributed by atoms with Gasteiger partial charge in [0.2, 0.25) is 0 Å². The maximum atomic E-state index is 12.5. The molecular formula is C8H11FO. The van der Waals surface area contributed by atoms with Gasteiger partial charge in [-0.25, -0.2) is 4.39 Å². The third kappa shape index (κ3) is 3.26. The Morgan fingerprint density at radius 3 is 2.50 bits per heavy atom. The maximum Gasteiger partial charge on any atom is 0.165 e. The van der Waals surface area contributed by atoms with Crippen molar-refractivity contribution in [3.8, 4) is 12.3 Å². The predicted molar refractivity (Wildman–Crippen MR) is 38.9 cm³/mol. The van der Waals surface area contributed by atoms with Gasteiger partial charge in [0, 0.05) is 0 Å². The van der Waals surface area contributed by atoms with Crippen LogP contribution >= 0.6 is 0 Å². The van der Waals surface area contributed by atoms with Crippen LogP contribution < -0.4 is 0 Å². The van der Waals surface area contributed by atoms with Crippen LogP contribution in [-0.4, -0.2) is 11.2 Å². The molecule has 0 saturated heterocycles. The lowest BCUT2D eigenvalue weighted by Gasteiger charge is -2.00. The van der Waals surface area contributed by atoms with Crippen molar-refractivity contribution < 1.29 is 9.50 Å². The van der Waals surface area contributed by atoms with Gasteiger partial charge in [0.15, 0.2) is 6.10 Å². The highest BCUT2D eigenvalue weighted by Crippen LogP contribution is 2.07. The van der Waals surface area contributed by atoms with Crippen molar-refractivity contribution in [3.63, 3.8) is 0 Å². The van der Waals surface area contributed by atoms with Gasteiger partial charge in [-0.2, -0.15) is 0 Å². The van der Waals surface area contributed by atoms with Crippen LogP contribution in [0.1, 0.15) is 13.8 Å². The number of hydrogen-bond donors (Lipinski definition) is 1. The lowest BCUT2D eigenvalue weighted by atomic mass is 10.1. The summed E-state index contributed by atoms with van der Waals surface area (Å²) < 4.78 is 12.5. The normalized spacial score (nSPS) is 15.0. The van der Waals surface area contributed by atoms with Crippen molar-refractivity contribution in [1.82, 2.24) is 0 Å². The summed E-state index contributed by atoms with van der Waals surface area (Å²) in [4.78, 5) is 0. The summed E-state index contributed by atoms with van der Waals surface area (Å²) in [5.41, 5.74) is 0. The lowest BCUT2D eigenvalue weighted by molar-refractivity contribution is 0.235. The second-order valence-electron chi connectivity index (χ2n) is 2.36. The minimum atomic E-state index is -1.37. The topological polar surface area (TPSA) is 20.2 Å². The van der Waals surface area contributed by atoms with Crippen LogP contribution in [0.25, 0.3) is 0 Å². The molecule has 0 aliphatic heterocycles. The molecule has 1 N–H and O–H groups in total. The number of terminal acetylenes is 1. The summed E-state index contributed by atoms with van der Waals surface area (Å²) in [6, 6.07) is 0. The van der Waals surface area contributed by atoms with Gasteiger partial charge in [-0.3, -0.25) is 0 Å². The van der Waals surface area contributed by atoms with Gasteiger partial charge in [0.25, 0.3) is 0 Å². The standard InChI is InChI=1S/C8H11FO/c1-4-8(10)7(9)5-6(2)3/h1,5-6,8,10H,2-3H3. The smallest absolute Gasteiger partial charge is 0.165 e. The van der Waals surface area contributed by atoms with Crippen LogP contribution in [0, 0.1) is 18.3 Å². The number of allylic oxidation sites excluding steroid dienone is 1. The van der Waals surface area contributed by atoms with Crippen molar-refractivity contribution in [2.75, 3.05) is 0 Å². The molecule has 1 nitrogen and oxygen atoms in total. The monoisotopic (exact) mass is 142 g/mol. The fourth-order valence-corrected chi connectivity index (χ4v) is 0.489. The van der Waals surface area contributed by atoms with E-state index in [1.807, 2.05) is 19.8 Å². The van der Waals surface area contributed by atoms with E-state index in [2.05, 4.69) is 0 Å². The quantitative estimate of drug-likeness (QED) is 0.579. The Kier molecular flexibility index (Phi) is 3.75. The molecule has 0 bridgehead atoms. The van der Waals surface area contributed by atoms with E-state index in [1.54, 1.807) is 0 Å². The molecule has 1 unspecified atom stereocenters. The molecule has 0 spiro atoms. The Morgan fingerprint density at radius 1 is 1.70 bits per heavy atom. The Balaban J connectivity index is 4.08. The van der Waals surface area contributed by atoms with Crippen molar-refractivity contribution in [3.05, 3.63) is 11.9 Å². The Labute approximate surface area is 60.6 Å². The highest BCUT2D eigenvalue weighted by Gasteiger charge is 2.05. The Morgan fingerprint density at radius 2 is 2.20 bits per heavy atom. The van der Waals surface area contributed by atoms with E-state index >= 15 is 0 Å². The van der Waals surface area contributed by atoms with Gasteiger partial charge in [0.05, 0.1) is 0 Å². The molecule has 0 aromatic rings. The second-order valence-corrected chi connectivity index (χ2v) is 2.36. The summed E-state index contributed by atoms with van der Waals surface area (Å²) in [6.07, 6.45) is 4.69. The lowest BCUT2D eigenvalue weighted by Crippen LogP contribution is -2.03. The van der Waals surface area contributed by atoms with Gasteiger partial charge in [-0.05, 0) is 12.0 Å². The fourth-order valence-electron chi connectivity index (χ4n) is 0.489. The molecule has 0 aromatic heterocycles. The zero-order valence-corrected chi connectivity index (χ0v) is 6.13. The number of aliphatic hydroxyl groups excluding tert-OH is 1. The number of halogens is 1. The molecule has 0 heterocycles. The summed E-state index contributed by atoms with van der Waals surface area (Å²) in [6.45, 7) is 3.62. The molecule has 10 heavy (non-hydrogen) atoms. The minimum absolute atomic E-state index is 0.0722. The van der Waals surface area contributed by atoms with Crippen LogP contribution in [0.2, 0.25) is 0 Å². The van der Waals surface area contributed by atoms with Crippen LogP contribution in [0.15, 0.2) is 11.9 Å². The zero-order chi connectivity index (χ0) is 8.15. The van der Waals surface area contributed by atoms with Crippen molar-refractivity contribution >= 4 is 0 Å². The molecule has 56 valence electrons. The molecule has 0 fully saturated rings. The molecule has 0 rings (SSSR count). The third-order valence-corrected chi connectivity index (χ3v) is 0.912. The fraction of sp³-hybridized carbons (Fsp3) is 0.500. The Bertz CT molecular complexity index is 165. The highest BCUT2D eigenvalue weighted by atomic mass is 19.1. The van der Waals surface area contributed by atoms with E-state index in [4.69, 9.17) is 11.5 Å². The van der Waals surface area contributed by atoms with Gasteiger partial charge in [-0.1, -0.05) is 19.8 Å². The van der Waals surface area contributed by atoms with E-state index in [0.717, 1.165) is 0 Å². The molecule has 0 aromatic carbocycles. The average molecular weight is 142 g/mol. The number of hydrogen-bond acceptors (Lipinski definition) is 1. The van der Waals surface area contributed by atoms with Crippen LogP contribution in [-0.2, 0) is 0 Å². The van der Waals surface area contributed by atoms with Gasteiger partial charge in [0.1, 0.15) is 5.83 Å². The third-order valence-electron chi connectivity index (χ3n) is 0.912. The van der Waals surface area contributed by atoms with E-state index in [-0.39, 0.29) is 5.92 Å². The molecule has 0 saturated carbocycles. The van der Waals surface area contributed by atoms with Crippen LogP contribution in [0.5, 0.6) is 0 Å². The average Bonchev–Trinajstić information content (AvgIpc) is 1.85. The first kappa shape index (κ1) is 9.19. The summed E-state index contributed by atoms with van der Waals surface area (Å²) >= 11 is 0. The molecule has 0 radical (unpaired) electrons. The second kappa shape index (κ2) is 4.08. The Hall–Kier alpha value is -0.810. The van der Waals surface area contributed by atoms with Crippen molar-refractivity contribution in [2.45, 2.75) is 20.0 Å². The van der Waals surface area contributed by atoms with E-state index in [1.165, 1.54) is 6.08 Å². The van der Waals surface area contributed by atoms with E-state index < -0.39 is 11.9 Å². The first-order valence-electron chi connectivity index (χ1n) is 3.09. The summed E-state index contributed by atoms with van der Waals surface area (Å²) in [5, 5.41) is 8.70. The van der Waals surface area contributed by atoms with Crippen molar-refractivity contribution in [2.24, 2.45) is 5.92 Å². The molecule has 0 aliphatic carbocycles. The molecule has 0 amide bonds. The molecule has 1 atom stereocenters. The first-order valence-corrected chi connectivity index (χ1v) is 3.09. The largest absolute Gasteiger partial charge is 0.374 e. The summed E-state index contributed by atoms with van der Waals surface area (Å²) in [5.74, 6) is 1.31. The predicted octanol–water partition coefficient (Wildman–Crippen LogP) is 1.49. The van der Waals surface area contributed by atoms with Crippen LogP contribution in [0.4, 0.5) is 4.39 Å². The minimum Gasteiger partial charge on any atom is -0.374 e. The van der Waals surface area contributed by atoms with Crippen LogP contribution in [0.3, 0.4) is 0 Å². The van der Waals surface area contributed by atoms with E-state index in [9.17, 15) is 4.39 Å². The first-order chi connectivity index (χ1) is 4.57. The van der Waals surface area contributed by atoms with Gasteiger partial charge in [-0.15, -0.1) is 6.42 Å². The number of aliphatic hydroxyl groups is 1. The van der Waals surface area contributed by atoms with Gasteiger partial charge >= 0.3 is 0 Å². The zero-order valence-electron chi connectivity index (χ0n) is 6.13. The molecule has 0 aliphatic rings. The summed E-state index contributed by atoms with van der Waals surface area (Å²) in [7, 11) is 0. The SMILES string of the molecule is C#CC(O)C(F)=CC(C)C. The van der Waals surface area contributed by atoms with Gasteiger partial charge < -0.3 is 5.11 Å². The molecule has 2 heteroatoms. The highest BCUT2D eigenvalue weighted by molar-refractivity contribution is 5.12.